The van der Waals surface area contributed by atoms with Crippen LogP contribution in [0.25, 0.3) is 0 Å². The van der Waals surface area contributed by atoms with E-state index in [-0.39, 0.29) is 0 Å². The summed E-state index contributed by atoms with van der Waals surface area (Å²) in [4.78, 5) is 15.6. The SMILES string of the molecule is CC(Cc1ccc(Br)cn1)(C(=O)O)C1CC1. The van der Waals surface area contributed by atoms with Crippen LogP contribution in [0.2, 0.25) is 0 Å². The normalized spacial score (nSPS) is 19.1. The first kappa shape index (κ1) is 11.6. The molecule has 4 heteroatoms. The van der Waals surface area contributed by atoms with E-state index in [0.29, 0.717) is 12.3 Å². The Kier molecular flexibility index (Phi) is 3.02. The third kappa shape index (κ3) is 2.26. The number of carbonyl (C=O) groups is 1. The van der Waals surface area contributed by atoms with Gasteiger partial charge in [-0.05, 0) is 53.7 Å². The van der Waals surface area contributed by atoms with Crippen molar-refractivity contribution in [2.75, 3.05) is 0 Å². The second-order valence-corrected chi connectivity index (χ2v) is 5.56. The van der Waals surface area contributed by atoms with E-state index < -0.39 is 11.4 Å². The van der Waals surface area contributed by atoms with Gasteiger partial charge in [0.1, 0.15) is 0 Å². The number of rotatable bonds is 4. The third-order valence-corrected chi connectivity index (χ3v) is 3.77. The van der Waals surface area contributed by atoms with E-state index in [4.69, 9.17) is 0 Å². The zero-order valence-corrected chi connectivity index (χ0v) is 10.7. The Balaban J connectivity index is 2.17. The summed E-state index contributed by atoms with van der Waals surface area (Å²) in [6.07, 6.45) is 4.28. The molecule has 1 unspecified atom stereocenters. The van der Waals surface area contributed by atoms with Gasteiger partial charge in [0.05, 0.1) is 5.41 Å². The molecule has 86 valence electrons. The number of carboxylic acid groups (broad SMARTS) is 1. The highest BCUT2D eigenvalue weighted by atomic mass is 79.9. The second-order valence-electron chi connectivity index (χ2n) is 4.64. The van der Waals surface area contributed by atoms with Gasteiger partial charge < -0.3 is 5.11 Å². The molecule has 1 fully saturated rings. The average molecular weight is 284 g/mol. The molecule has 0 spiro atoms. The fourth-order valence-electron chi connectivity index (χ4n) is 2.00. The maximum absolute atomic E-state index is 11.3. The van der Waals surface area contributed by atoms with E-state index >= 15 is 0 Å². The summed E-state index contributed by atoms with van der Waals surface area (Å²) in [6, 6.07) is 3.78. The Morgan fingerprint density at radius 1 is 1.62 bits per heavy atom. The summed E-state index contributed by atoms with van der Waals surface area (Å²) in [5, 5.41) is 9.32. The molecule has 0 aromatic carbocycles. The van der Waals surface area contributed by atoms with Crippen LogP contribution in [0.5, 0.6) is 0 Å². The molecule has 1 aromatic heterocycles. The van der Waals surface area contributed by atoms with Gasteiger partial charge >= 0.3 is 5.97 Å². The minimum Gasteiger partial charge on any atom is -0.481 e. The number of aliphatic carboxylic acids is 1. The summed E-state index contributed by atoms with van der Waals surface area (Å²) >= 11 is 3.32. The van der Waals surface area contributed by atoms with Crippen molar-refractivity contribution in [3.05, 3.63) is 28.5 Å². The molecule has 0 bridgehead atoms. The maximum atomic E-state index is 11.3. The highest BCUT2D eigenvalue weighted by Crippen LogP contribution is 2.47. The third-order valence-electron chi connectivity index (χ3n) is 3.30. The summed E-state index contributed by atoms with van der Waals surface area (Å²) in [5.41, 5.74) is 0.195. The lowest BCUT2D eigenvalue weighted by molar-refractivity contribution is -0.149. The van der Waals surface area contributed by atoms with Crippen LogP contribution in [0, 0.1) is 11.3 Å². The number of nitrogens with zero attached hydrogens (tertiary/aromatic N) is 1. The molecule has 1 heterocycles. The van der Waals surface area contributed by atoms with Gasteiger partial charge in [-0.3, -0.25) is 9.78 Å². The summed E-state index contributed by atoms with van der Waals surface area (Å²) in [6.45, 7) is 1.83. The summed E-state index contributed by atoms with van der Waals surface area (Å²) in [7, 11) is 0. The van der Waals surface area contributed by atoms with E-state index in [2.05, 4.69) is 20.9 Å². The minimum absolute atomic E-state index is 0.315. The highest BCUT2D eigenvalue weighted by molar-refractivity contribution is 9.10. The number of hydrogen-bond donors (Lipinski definition) is 1. The molecule has 2 rings (SSSR count). The van der Waals surface area contributed by atoms with Crippen LogP contribution >= 0.6 is 15.9 Å². The molecule has 1 atom stereocenters. The quantitative estimate of drug-likeness (QED) is 0.924. The molecular weight excluding hydrogens is 270 g/mol. The molecule has 1 aromatic rings. The van der Waals surface area contributed by atoms with Crippen LogP contribution in [-0.4, -0.2) is 16.1 Å². The number of pyridine rings is 1. The van der Waals surface area contributed by atoms with Gasteiger partial charge in [-0.1, -0.05) is 0 Å². The Labute approximate surface area is 103 Å². The van der Waals surface area contributed by atoms with Crippen molar-refractivity contribution in [2.45, 2.75) is 26.2 Å². The molecule has 1 aliphatic carbocycles. The maximum Gasteiger partial charge on any atom is 0.310 e. The predicted octanol–water partition coefficient (Wildman–Crippen LogP) is 2.89. The fraction of sp³-hybridized carbons (Fsp3) is 0.500. The van der Waals surface area contributed by atoms with E-state index in [0.717, 1.165) is 23.0 Å². The van der Waals surface area contributed by atoms with Crippen molar-refractivity contribution in [3.63, 3.8) is 0 Å². The molecular formula is C12H14BrNO2. The van der Waals surface area contributed by atoms with Crippen molar-refractivity contribution in [3.8, 4) is 0 Å². The van der Waals surface area contributed by atoms with E-state index in [1.165, 1.54) is 0 Å². The largest absolute Gasteiger partial charge is 0.481 e. The molecule has 0 amide bonds. The number of carboxylic acids is 1. The van der Waals surface area contributed by atoms with Crippen LogP contribution in [-0.2, 0) is 11.2 Å². The number of hydrogen-bond acceptors (Lipinski definition) is 2. The van der Waals surface area contributed by atoms with Gasteiger partial charge in [0.25, 0.3) is 0 Å². The Morgan fingerprint density at radius 2 is 2.31 bits per heavy atom. The first-order chi connectivity index (χ1) is 7.52. The van der Waals surface area contributed by atoms with Crippen LogP contribution in [0.4, 0.5) is 0 Å². The molecule has 1 aliphatic rings. The van der Waals surface area contributed by atoms with Crippen LogP contribution < -0.4 is 0 Å². The van der Waals surface area contributed by atoms with Gasteiger partial charge in [-0.15, -0.1) is 0 Å². The van der Waals surface area contributed by atoms with E-state index in [9.17, 15) is 9.90 Å². The Morgan fingerprint density at radius 3 is 2.75 bits per heavy atom. The van der Waals surface area contributed by atoms with Crippen molar-refractivity contribution in [1.29, 1.82) is 0 Å². The van der Waals surface area contributed by atoms with E-state index in [1.54, 1.807) is 6.20 Å². The highest BCUT2D eigenvalue weighted by Gasteiger charge is 2.47. The molecule has 0 radical (unpaired) electrons. The van der Waals surface area contributed by atoms with Crippen LogP contribution in [0.3, 0.4) is 0 Å². The van der Waals surface area contributed by atoms with Gasteiger partial charge in [0, 0.05) is 22.8 Å². The molecule has 3 nitrogen and oxygen atoms in total. The summed E-state index contributed by atoms with van der Waals surface area (Å²) in [5.74, 6) is -0.393. The first-order valence-corrected chi connectivity index (χ1v) is 6.15. The molecule has 0 aliphatic heterocycles. The molecule has 1 N–H and O–H groups in total. The van der Waals surface area contributed by atoms with Crippen LogP contribution in [0.15, 0.2) is 22.8 Å². The van der Waals surface area contributed by atoms with Gasteiger partial charge in [0.2, 0.25) is 0 Å². The summed E-state index contributed by atoms with van der Waals surface area (Å²) < 4.78 is 0.916. The predicted molar refractivity (Wildman–Crippen MR) is 64.1 cm³/mol. The van der Waals surface area contributed by atoms with Crippen molar-refractivity contribution in [2.24, 2.45) is 11.3 Å². The topological polar surface area (TPSA) is 50.2 Å². The monoisotopic (exact) mass is 283 g/mol. The van der Waals surface area contributed by atoms with Crippen LogP contribution in [0.1, 0.15) is 25.5 Å². The van der Waals surface area contributed by atoms with Gasteiger partial charge in [-0.2, -0.15) is 0 Å². The molecule has 0 saturated heterocycles. The second kappa shape index (κ2) is 4.17. The Bertz CT molecular complexity index is 400. The lowest BCUT2D eigenvalue weighted by Crippen LogP contribution is -2.32. The number of aromatic nitrogens is 1. The molecule has 1 saturated carbocycles. The zero-order chi connectivity index (χ0) is 11.8. The molecule has 16 heavy (non-hydrogen) atoms. The number of halogens is 1. The lowest BCUT2D eigenvalue weighted by atomic mass is 9.80. The van der Waals surface area contributed by atoms with Crippen molar-refractivity contribution >= 4 is 21.9 Å². The van der Waals surface area contributed by atoms with Crippen molar-refractivity contribution < 1.29 is 9.90 Å². The first-order valence-electron chi connectivity index (χ1n) is 5.36. The van der Waals surface area contributed by atoms with Crippen molar-refractivity contribution in [1.82, 2.24) is 4.98 Å². The van der Waals surface area contributed by atoms with Gasteiger partial charge in [-0.25, -0.2) is 0 Å². The Hall–Kier alpha value is -0.900. The zero-order valence-electron chi connectivity index (χ0n) is 9.11. The average Bonchev–Trinajstić information content (AvgIpc) is 3.04. The lowest BCUT2D eigenvalue weighted by Gasteiger charge is -2.24. The van der Waals surface area contributed by atoms with E-state index in [1.807, 2.05) is 19.1 Å². The fourth-order valence-corrected chi connectivity index (χ4v) is 2.24. The minimum atomic E-state index is -0.709. The standard InChI is InChI=1S/C12H14BrNO2/c1-12(11(15)16,8-2-3-8)6-10-5-4-9(13)7-14-10/h4-5,7-8H,2-3,6H2,1H3,(H,15,16). The smallest absolute Gasteiger partial charge is 0.310 e. The van der Waals surface area contributed by atoms with Gasteiger partial charge in [0.15, 0.2) is 0 Å².